The molecule has 0 saturated carbocycles. The van der Waals surface area contributed by atoms with Crippen LogP contribution in [0.15, 0.2) is 78.9 Å². The van der Waals surface area contributed by atoms with Crippen molar-refractivity contribution in [1.29, 1.82) is 0 Å². The van der Waals surface area contributed by atoms with Gasteiger partial charge in [0.1, 0.15) is 0 Å². The van der Waals surface area contributed by atoms with Crippen molar-refractivity contribution in [3.05, 3.63) is 123 Å². The van der Waals surface area contributed by atoms with Gasteiger partial charge in [0.15, 0.2) is 0 Å². The summed E-state index contributed by atoms with van der Waals surface area (Å²) in [7, 11) is 0. The maximum absolute atomic E-state index is 2.75. The normalized spacial score (nSPS) is 19.1. The van der Waals surface area contributed by atoms with Crippen molar-refractivity contribution in [2.24, 2.45) is 0 Å². The van der Waals surface area contributed by atoms with Crippen molar-refractivity contribution in [3.8, 4) is 0 Å². The van der Waals surface area contributed by atoms with Crippen LogP contribution in [0.1, 0.15) is 167 Å². The summed E-state index contributed by atoms with van der Waals surface area (Å²) in [5.74, 6) is 0. The molecule has 6 aromatic rings. The van der Waals surface area contributed by atoms with Crippen LogP contribution in [-0.4, -0.2) is 6.71 Å². The Morgan fingerprint density at radius 3 is 1.68 bits per heavy atom. The molecule has 10 rings (SSSR count). The van der Waals surface area contributed by atoms with Crippen LogP contribution in [0, 0.1) is 13.8 Å². The van der Waals surface area contributed by atoms with Crippen LogP contribution >= 0.6 is 11.3 Å². The fourth-order valence-corrected chi connectivity index (χ4v) is 13.2. The second kappa shape index (κ2) is 13.2. The second-order valence-corrected chi connectivity index (χ2v) is 25.6. The van der Waals surface area contributed by atoms with Crippen molar-refractivity contribution < 1.29 is 0 Å². The third-order valence-electron chi connectivity index (χ3n) is 16.0. The van der Waals surface area contributed by atoms with Crippen LogP contribution in [-0.2, 0) is 32.5 Å². The highest BCUT2D eigenvalue weighted by Gasteiger charge is 2.50. The summed E-state index contributed by atoms with van der Waals surface area (Å²) in [6.07, 6.45) is 4.77. The summed E-state index contributed by atoms with van der Waals surface area (Å²) >= 11 is 2.02. The lowest BCUT2D eigenvalue weighted by atomic mass is 9.33. The van der Waals surface area contributed by atoms with Crippen LogP contribution in [0.4, 0.5) is 33.4 Å². The van der Waals surface area contributed by atoms with Gasteiger partial charge in [-0.1, -0.05) is 133 Å². The third-order valence-corrected chi connectivity index (χ3v) is 17.2. The first-order chi connectivity index (χ1) is 28.8. The van der Waals surface area contributed by atoms with Gasteiger partial charge < -0.3 is 9.80 Å². The molecule has 0 bridgehead atoms. The highest BCUT2D eigenvalue weighted by molar-refractivity contribution is 7.26. The van der Waals surface area contributed by atoms with Crippen molar-refractivity contribution in [1.82, 2.24) is 0 Å². The molecule has 320 valence electrons. The fourth-order valence-electron chi connectivity index (χ4n) is 11.9. The molecule has 1 aromatic heterocycles. The Morgan fingerprint density at radius 2 is 1.08 bits per heavy atom. The topological polar surface area (TPSA) is 6.48 Å². The van der Waals surface area contributed by atoms with Crippen molar-refractivity contribution in [2.75, 3.05) is 9.80 Å². The average molecular weight is 837 g/mol. The van der Waals surface area contributed by atoms with Gasteiger partial charge in [0.05, 0.1) is 5.00 Å². The van der Waals surface area contributed by atoms with Crippen LogP contribution in [0.25, 0.3) is 10.1 Å². The zero-order valence-electron chi connectivity index (χ0n) is 40.7. The predicted octanol–water partition coefficient (Wildman–Crippen LogP) is 14.9. The number of nitrogens with zero attached hydrogens (tertiary/aromatic N) is 2. The highest BCUT2D eigenvalue weighted by atomic mass is 32.1. The molecule has 0 N–H and O–H groups in total. The molecule has 62 heavy (non-hydrogen) atoms. The maximum Gasteiger partial charge on any atom is 0.254 e. The maximum atomic E-state index is 2.75. The van der Waals surface area contributed by atoms with Crippen LogP contribution in [0.3, 0.4) is 0 Å². The lowest BCUT2D eigenvalue weighted by molar-refractivity contribution is 0.332. The monoisotopic (exact) mass is 837 g/mol. The summed E-state index contributed by atoms with van der Waals surface area (Å²) < 4.78 is 1.42. The fraction of sp³-hybridized carbons (Fsp3) is 0.448. The molecule has 5 aromatic carbocycles. The van der Waals surface area contributed by atoms with E-state index in [1.807, 2.05) is 11.3 Å². The predicted molar refractivity (Wildman–Crippen MR) is 273 cm³/mol. The first-order valence-corrected chi connectivity index (χ1v) is 24.4. The van der Waals surface area contributed by atoms with E-state index in [2.05, 4.69) is 199 Å². The minimum absolute atomic E-state index is 0.00157. The zero-order valence-corrected chi connectivity index (χ0v) is 41.5. The summed E-state index contributed by atoms with van der Waals surface area (Å²) in [5.41, 5.74) is 22.9. The van der Waals surface area contributed by atoms with Gasteiger partial charge in [-0.25, -0.2) is 0 Å². The number of hydrogen-bond acceptors (Lipinski definition) is 3. The minimum atomic E-state index is 0.00157. The van der Waals surface area contributed by atoms with E-state index >= 15 is 0 Å². The second-order valence-electron chi connectivity index (χ2n) is 24.5. The third kappa shape index (κ3) is 6.08. The highest BCUT2D eigenvalue weighted by Crippen LogP contribution is 2.56. The molecule has 2 nitrogen and oxygen atoms in total. The van der Waals surface area contributed by atoms with E-state index in [4.69, 9.17) is 0 Å². The van der Waals surface area contributed by atoms with E-state index < -0.39 is 0 Å². The first kappa shape index (κ1) is 41.7. The van der Waals surface area contributed by atoms with Gasteiger partial charge in [0.2, 0.25) is 0 Å². The Hall–Kier alpha value is -4.28. The van der Waals surface area contributed by atoms with Crippen LogP contribution in [0.2, 0.25) is 0 Å². The van der Waals surface area contributed by atoms with E-state index in [9.17, 15) is 0 Å². The van der Waals surface area contributed by atoms with E-state index in [1.54, 1.807) is 11.1 Å². The van der Waals surface area contributed by atoms with E-state index in [0.29, 0.717) is 0 Å². The lowest BCUT2D eigenvalue weighted by Crippen LogP contribution is -2.62. The van der Waals surface area contributed by atoms with Gasteiger partial charge in [-0.3, -0.25) is 0 Å². The van der Waals surface area contributed by atoms with Gasteiger partial charge in [-0.05, 0) is 181 Å². The van der Waals surface area contributed by atoms with E-state index in [-0.39, 0.29) is 39.2 Å². The molecule has 0 unspecified atom stereocenters. The first-order valence-electron chi connectivity index (χ1n) is 23.6. The molecule has 4 aliphatic rings. The zero-order chi connectivity index (χ0) is 44.4. The molecule has 4 heteroatoms. The van der Waals surface area contributed by atoms with Gasteiger partial charge >= 0.3 is 0 Å². The SMILES string of the molecule is Cc1cc2c3c(c1)N(c1ccc(C(C)(C)C)cc1C)c1c(ccc4c1C(C)(C)CCC4(C)C)B3c1c(sc3cc4c(cc13)C(C)(C)CCC4(C)C)N2c1ccc(C(C)(C)C)cc1. The molecule has 0 amide bonds. The number of benzene rings is 5. The molecule has 0 spiro atoms. The minimum Gasteiger partial charge on any atom is -0.311 e. The van der Waals surface area contributed by atoms with Gasteiger partial charge in [0.25, 0.3) is 6.71 Å². The van der Waals surface area contributed by atoms with Gasteiger partial charge in [-0.2, -0.15) is 0 Å². The Balaban J connectivity index is 1.36. The largest absolute Gasteiger partial charge is 0.311 e. The molecule has 2 aliphatic heterocycles. The van der Waals surface area contributed by atoms with Crippen molar-refractivity contribution >= 4 is 78.0 Å². The molecule has 0 atom stereocenters. The Kier molecular flexibility index (Phi) is 8.85. The quantitative estimate of drug-likeness (QED) is 0.160. The average Bonchev–Trinajstić information content (AvgIpc) is 3.55. The lowest BCUT2D eigenvalue weighted by Gasteiger charge is -2.49. The van der Waals surface area contributed by atoms with Crippen molar-refractivity contribution in [2.45, 2.75) is 169 Å². The Bertz CT molecular complexity index is 2850. The molecule has 0 radical (unpaired) electrons. The Morgan fingerprint density at radius 1 is 0.532 bits per heavy atom. The van der Waals surface area contributed by atoms with E-state index in [0.717, 1.165) is 6.42 Å². The molecule has 2 aliphatic carbocycles. The smallest absolute Gasteiger partial charge is 0.254 e. The van der Waals surface area contributed by atoms with Crippen LogP contribution < -0.4 is 26.2 Å². The number of fused-ring (bicyclic) bond motifs is 9. The number of anilines is 6. The molecule has 0 fully saturated rings. The Labute approximate surface area is 378 Å². The number of rotatable bonds is 2. The molecular formula is C58H69BN2S. The van der Waals surface area contributed by atoms with Gasteiger partial charge in [-0.15, -0.1) is 11.3 Å². The molecule has 0 saturated heterocycles. The summed E-state index contributed by atoms with van der Waals surface area (Å²) in [4.78, 5) is 5.41. The number of hydrogen-bond donors (Lipinski definition) is 0. The van der Waals surface area contributed by atoms with Crippen LogP contribution in [0.5, 0.6) is 0 Å². The number of thiophene rings is 1. The van der Waals surface area contributed by atoms with Gasteiger partial charge in [0, 0.05) is 33.1 Å². The van der Waals surface area contributed by atoms with E-state index in [1.165, 1.54) is 113 Å². The summed E-state index contributed by atoms with van der Waals surface area (Å²) in [6.45, 7) is 38.7. The summed E-state index contributed by atoms with van der Waals surface area (Å²) in [6, 6.07) is 32.3. The number of aryl methyl sites for hydroxylation is 2. The summed E-state index contributed by atoms with van der Waals surface area (Å²) in [5, 5.41) is 2.81. The molecule has 3 heterocycles. The molecular weight excluding hydrogens is 768 g/mol. The standard InChI is InChI=1S/C58H69BN2S/c1-34-29-45-50-46(30-34)61(44-24-19-37(31-35(44)2)54(6,7)8)51-43(23-22-40-48(51)58(15,16)28-27-55(40,9)10)59(50)49-39-32-41-42(57(13,14)26-25-56(41,11)12)33-47(39)62-52(49)60(45)38-20-17-36(18-21-38)53(3,4)5/h17-24,29-33H,25-28H2,1-16H3. The van der Waals surface area contributed by atoms with Crippen molar-refractivity contribution in [3.63, 3.8) is 0 Å².